The lowest BCUT2D eigenvalue weighted by Gasteiger charge is -2.27. The second kappa shape index (κ2) is 5.14. The molecule has 1 heterocycles. The second-order valence-corrected chi connectivity index (χ2v) is 4.40. The van der Waals surface area contributed by atoms with Gasteiger partial charge in [0.1, 0.15) is 0 Å². The first-order valence-corrected chi connectivity index (χ1v) is 5.87. The number of benzene rings is 1. The molecule has 94 valence electrons. The monoisotopic (exact) mass is 244 g/mol. The average Bonchev–Trinajstić information content (AvgIpc) is 2.35. The lowest BCUT2D eigenvalue weighted by molar-refractivity contribution is -0.128. The largest absolute Gasteiger partial charge is 0.316 e. The lowest BCUT2D eigenvalue weighted by Crippen LogP contribution is -2.43. The molecule has 1 N–H and O–H groups in total. The van der Waals surface area contributed by atoms with Crippen molar-refractivity contribution in [2.24, 2.45) is 0 Å². The fraction of sp³-hybridized carbons (Fsp3) is 0.286. The lowest BCUT2D eigenvalue weighted by atomic mass is 9.98. The molecule has 4 nitrogen and oxygen atoms in total. The van der Waals surface area contributed by atoms with Crippen molar-refractivity contribution in [2.75, 3.05) is 20.1 Å². The highest BCUT2D eigenvalue weighted by Crippen LogP contribution is 2.20. The number of rotatable bonds is 4. The van der Waals surface area contributed by atoms with E-state index in [2.05, 4.69) is 11.9 Å². The van der Waals surface area contributed by atoms with Crippen LogP contribution in [0.2, 0.25) is 0 Å². The Labute approximate surface area is 106 Å². The van der Waals surface area contributed by atoms with Crippen molar-refractivity contribution in [1.82, 2.24) is 10.2 Å². The second-order valence-electron chi connectivity index (χ2n) is 4.40. The topological polar surface area (TPSA) is 49.4 Å². The molecule has 0 radical (unpaired) electrons. The van der Waals surface area contributed by atoms with Crippen molar-refractivity contribution < 1.29 is 9.59 Å². The van der Waals surface area contributed by atoms with Gasteiger partial charge in [-0.1, -0.05) is 24.8 Å². The van der Waals surface area contributed by atoms with Crippen LogP contribution in [0.4, 0.5) is 0 Å². The van der Waals surface area contributed by atoms with E-state index in [9.17, 15) is 9.59 Å². The summed E-state index contributed by atoms with van der Waals surface area (Å²) < 4.78 is 0. The standard InChI is InChI=1S/C14H16N2O2/c1-10(8-15-2)9-16-13(17)7-11-5-3-4-6-12(11)14(16)18/h3-6,15H,1,7-9H2,2H3. The molecular weight excluding hydrogens is 228 g/mol. The first-order valence-electron chi connectivity index (χ1n) is 5.87. The molecule has 0 aromatic heterocycles. The number of likely N-dealkylation sites (N-methyl/N-ethyl adjacent to an activating group) is 1. The molecule has 0 fully saturated rings. The number of amides is 2. The Morgan fingerprint density at radius 3 is 2.83 bits per heavy atom. The number of nitrogens with one attached hydrogen (secondary N) is 1. The predicted octanol–water partition coefficient (Wildman–Crippen LogP) is 0.987. The molecule has 1 aromatic rings. The van der Waals surface area contributed by atoms with Gasteiger partial charge in [-0.2, -0.15) is 0 Å². The molecule has 4 heteroatoms. The van der Waals surface area contributed by atoms with Gasteiger partial charge in [-0.15, -0.1) is 0 Å². The van der Waals surface area contributed by atoms with Gasteiger partial charge in [-0.3, -0.25) is 14.5 Å². The van der Waals surface area contributed by atoms with Gasteiger partial charge in [0.05, 0.1) is 13.0 Å². The predicted molar refractivity (Wildman–Crippen MR) is 69.3 cm³/mol. The van der Waals surface area contributed by atoms with Crippen LogP contribution >= 0.6 is 0 Å². The first-order chi connectivity index (χ1) is 8.63. The molecule has 0 atom stereocenters. The Morgan fingerprint density at radius 2 is 2.11 bits per heavy atom. The molecule has 0 aliphatic carbocycles. The fourth-order valence-electron chi connectivity index (χ4n) is 2.09. The third kappa shape index (κ3) is 2.33. The van der Waals surface area contributed by atoms with Gasteiger partial charge >= 0.3 is 0 Å². The van der Waals surface area contributed by atoms with Gasteiger partial charge in [-0.25, -0.2) is 0 Å². The van der Waals surface area contributed by atoms with E-state index in [0.29, 0.717) is 12.1 Å². The number of fused-ring (bicyclic) bond motifs is 1. The van der Waals surface area contributed by atoms with E-state index in [1.54, 1.807) is 13.1 Å². The molecular formula is C14H16N2O2. The number of carbonyl (C=O) groups excluding carboxylic acids is 2. The molecule has 1 aliphatic rings. The maximum absolute atomic E-state index is 12.2. The van der Waals surface area contributed by atoms with Crippen LogP contribution in [0.25, 0.3) is 0 Å². The van der Waals surface area contributed by atoms with Crippen LogP contribution in [-0.4, -0.2) is 36.9 Å². The third-order valence-corrected chi connectivity index (χ3v) is 2.94. The van der Waals surface area contributed by atoms with Crippen molar-refractivity contribution in [2.45, 2.75) is 6.42 Å². The average molecular weight is 244 g/mol. The smallest absolute Gasteiger partial charge is 0.261 e. The summed E-state index contributed by atoms with van der Waals surface area (Å²) in [7, 11) is 1.81. The van der Waals surface area contributed by atoms with E-state index >= 15 is 0 Å². The zero-order valence-electron chi connectivity index (χ0n) is 10.4. The van der Waals surface area contributed by atoms with Crippen molar-refractivity contribution >= 4 is 11.8 Å². The van der Waals surface area contributed by atoms with Gasteiger partial charge in [0.2, 0.25) is 5.91 Å². The highest BCUT2D eigenvalue weighted by Gasteiger charge is 2.30. The quantitative estimate of drug-likeness (QED) is 0.634. The molecule has 0 saturated heterocycles. The van der Waals surface area contributed by atoms with Crippen molar-refractivity contribution in [1.29, 1.82) is 0 Å². The van der Waals surface area contributed by atoms with E-state index < -0.39 is 0 Å². The molecule has 0 saturated carbocycles. The molecule has 1 aliphatic heterocycles. The van der Waals surface area contributed by atoms with Crippen LogP contribution in [0.15, 0.2) is 36.4 Å². The molecule has 0 unspecified atom stereocenters. The number of nitrogens with zero attached hydrogens (tertiary/aromatic N) is 1. The SMILES string of the molecule is C=C(CNC)CN1C(=O)Cc2ccccc2C1=O. The van der Waals surface area contributed by atoms with Crippen molar-refractivity contribution in [3.8, 4) is 0 Å². The van der Waals surface area contributed by atoms with Crippen LogP contribution in [0.5, 0.6) is 0 Å². The molecule has 18 heavy (non-hydrogen) atoms. The Kier molecular flexibility index (Phi) is 3.58. The highest BCUT2D eigenvalue weighted by atomic mass is 16.2. The van der Waals surface area contributed by atoms with Gasteiger partial charge in [-0.05, 0) is 24.3 Å². The first kappa shape index (κ1) is 12.5. The summed E-state index contributed by atoms with van der Waals surface area (Å²) >= 11 is 0. The van der Waals surface area contributed by atoms with Gasteiger partial charge in [0, 0.05) is 12.1 Å². The summed E-state index contributed by atoms with van der Waals surface area (Å²) in [5.41, 5.74) is 2.25. The summed E-state index contributed by atoms with van der Waals surface area (Å²) in [6.45, 7) is 4.74. The van der Waals surface area contributed by atoms with E-state index in [1.807, 2.05) is 18.2 Å². The van der Waals surface area contributed by atoms with E-state index in [1.165, 1.54) is 4.90 Å². The minimum Gasteiger partial charge on any atom is -0.316 e. The summed E-state index contributed by atoms with van der Waals surface area (Å²) in [5, 5.41) is 2.96. The summed E-state index contributed by atoms with van der Waals surface area (Å²) in [6.07, 6.45) is 0.286. The number of carbonyl (C=O) groups is 2. The molecule has 1 aromatic carbocycles. The number of imide groups is 1. The summed E-state index contributed by atoms with van der Waals surface area (Å²) in [5.74, 6) is -0.380. The van der Waals surface area contributed by atoms with Crippen LogP contribution in [-0.2, 0) is 11.2 Å². The van der Waals surface area contributed by atoms with Crippen LogP contribution in [0, 0.1) is 0 Å². The fourth-order valence-corrected chi connectivity index (χ4v) is 2.09. The van der Waals surface area contributed by atoms with E-state index in [4.69, 9.17) is 0 Å². The highest BCUT2D eigenvalue weighted by molar-refractivity contribution is 6.09. The maximum Gasteiger partial charge on any atom is 0.261 e. The zero-order chi connectivity index (χ0) is 13.1. The molecule has 0 bridgehead atoms. The van der Waals surface area contributed by atoms with Crippen LogP contribution in [0.3, 0.4) is 0 Å². The normalized spacial score (nSPS) is 14.6. The molecule has 0 spiro atoms. The van der Waals surface area contributed by atoms with Crippen LogP contribution < -0.4 is 5.32 Å². The number of hydrogen-bond donors (Lipinski definition) is 1. The minimum absolute atomic E-state index is 0.157. The van der Waals surface area contributed by atoms with E-state index in [0.717, 1.165) is 11.1 Å². The maximum atomic E-state index is 12.2. The summed E-state index contributed by atoms with van der Waals surface area (Å²) in [6, 6.07) is 7.24. The van der Waals surface area contributed by atoms with E-state index in [-0.39, 0.29) is 24.8 Å². The van der Waals surface area contributed by atoms with Gasteiger partial charge in [0.15, 0.2) is 0 Å². The Hall–Kier alpha value is -1.94. The van der Waals surface area contributed by atoms with Gasteiger partial charge < -0.3 is 5.32 Å². The molecule has 2 amide bonds. The Morgan fingerprint density at radius 1 is 1.39 bits per heavy atom. The van der Waals surface area contributed by atoms with Crippen LogP contribution in [0.1, 0.15) is 15.9 Å². The summed E-state index contributed by atoms with van der Waals surface area (Å²) in [4.78, 5) is 25.4. The zero-order valence-corrected chi connectivity index (χ0v) is 10.4. The Bertz CT molecular complexity index is 508. The third-order valence-electron chi connectivity index (χ3n) is 2.94. The van der Waals surface area contributed by atoms with Crippen molar-refractivity contribution in [3.05, 3.63) is 47.5 Å². The van der Waals surface area contributed by atoms with Crippen molar-refractivity contribution in [3.63, 3.8) is 0 Å². The Balaban J connectivity index is 2.22. The minimum atomic E-state index is -0.223. The number of hydrogen-bond acceptors (Lipinski definition) is 3. The molecule has 2 rings (SSSR count). The van der Waals surface area contributed by atoms with Gasteiger partial charge in [0.25, 0.3) is 5.91 Å².